The molecule has 1 aromatic carbocycles. The average Bonchev–Trinajstić information content (AvgIpc) is 2.97. The molecule has 29 heavy (non-hydrogen) atoms. The van der Waals surface area contributed by atoms with Crippen molar-refractivity contribution in [3.05, 3.63) is 35.6 Å². The molecule has 1 N–H and O–H groups in total. The van der Waals surface area contributed by atoms with Crippen LogP contribution in [0.15, 0.2) is 24.3 Å². The zero-order valence-corrected chi connectivity index (χ0v) is 16.7. The Morgan fingerprint density at radius 1 is 1.24 bits per heavy atom. The lowest BCUT2D eigenvalue weighted by molar-refractivity contribution is -0.135. The molecule has 1 spiro atoms. The van der Waals surface area contributed by atoms with Gasteiger partial charge in [-0.15, -0.1) is 0 Å². The number of hydrogen-bond donors (Lipinski definition) is 1. The highest BCUT2D eigenvalue weighted by Gasteiger charge is 2.54. The Bertz CT molecular complexity index is 822. The summed E-state index contributed by atoms with van der Waals surface area (Å²) in [6.07, 6.45) is 2.59. The Kier molecular flexibility index (Phi) is 5.29. The van der Waals surface area contributed by atoms with E-state index >= 15 is 0 Å². The van der Waals surface area contributed by atoms with E-state index in [2.05, 4.69) is 17.1 Å². The van der Waals surface area contributed by atoms with Gasteiger partial charge in [0.05, 0.1) is 6.04 Å². The standard InChI is InChI=1S/C21H27FN4O3/c1-2-24-11-8-21(9-12-24)19(28)26(20(29)23-21)17-7-4-10-25(14-17)18(27)15-5-3-6-16(22)13-15/h3,5-6,13,17H,2,4,7-12,14H2,1H3,(H,23,29)/t17-/m1/s1. The van der Waals surface area contributed by atoms with Gasteiger partial charge < -0.3 is 15.1 Å². The van der Waals surface area contributed by atoms with Crippen LogP contribution in [0, 0.1) is 5.82 Å². The predicted octanol–water partition coefficient (Wildman–Crippen LogP) is 1.84. The molecule has 3 aliphatic heterocycles. The monoisotopic (exact) mass is 402 g/mol. The van der Waals surface area contributed by atoms with Crippen molar-refractivity contribution in [2.45, 2.75) is 44.2 Å². The predicted molar refractivity (Wildman–Crippen MR) is 105 cm³/mol. The molecule has 4 rings (SSSR count). The summed E-state index contributed by atoms with van der Waals surface area (Å²) in [7, 11) is 0. The quantitative estimate of drug-likeness (QED) is 0.783. The van der Waals surface area contributed by atoms with E-state index in [1.54, 1.807) is 11.0 Å². The number of halogens is 1. The molecular formula is C21H27FN4O3. The number of likely N-dealkylation sites (tertiary alicyclic amines) is 2. The van der Waals surface area contributed by atoms with Crippen LogP contribution < -0.4 is 5.32 Å². The largest absolute Gasteiger partial charge is 0.337 e. The second-order valence-corrected chi connectivity index (χ2v) is 8.18. The van der Waals surface area contributed by atoms with E-state index in [-0.39, 0.29) is 36.0 Å². The van der Waals surface area contributed by atoms with E-state index in [0.29, 0.717) is 32.2 Å². The lowest BCUT2D eigenvalue weighted by Crippen LogP contribution is -2.56. The lowest BCUT2D eigenvalue weighted by atomic mass is 9.87. The molecule has 0 saturated carbocycles. The first-order valence-electron chi connectivity index (χ1n) is 10.4. The molecule has 3 aliphatic rings. The molecule has 3 saturated heterocycles. The van der Waals surface area contributed by atoms with Crippen LogP contribution >= 0.6 is 0 Å². The maximum Gasteiger partial charge on any atom is 0.325 e. The van der Waals surface area contributed by atoms with Crippen LogP contribution in [-0.4, -0.2) is 76.8 Å². The van der Waals surface area contributed by atoms with E-state index in [0.717, 1.165) is 19.6 Å². The Hall–Kier alpha value is -2.48. The Morgan fingerprint density at radius 2 is 2.00 bits per heavy atom. The van der Waals surface area contributed by atoms with Gasteiger partial charge in [0.25, 0.3) is 11.8 Å². The van der Waals surface area contributed by atoms with Gasteiger partial charge in [0, 0.05) is 31.7 Å². The molecule has 4 amide bonds. The first-order valence-corrected chi connectivity index (χ1v) is 10.4. The van der Waals surface area contributed by atoms with E-state index in [1.807, 2.05) is 0 Å². The number of rotatable bonds is 3. The van der Waals surface area contributed by atoms with Crippen molar-refractivity contribution in [3.63, 3.8) is 0 Å². The van der Waals surface area contributed by atoms with Crippen LogP contribution in [0.4, 0.5) is 9.18 Å². The second kappa shape index (κ2) is 7.74. The SMILES string of the molecule is CCN1CCC2(CC1)NC(=O)N([C@@H]1CCCN(C(=O)c3cccc(F)c3)C1)C2=O. The summed E-state index contributed by atoms with van der Waals surface area (Å²) in [6.45, 7) is 5.40. The smallest absolute Gasteiger partial charge is 0.325 e. The molecule has 1 aromatic rings. The van der Waals surface area contributed by atoms with Gasteiger partial charge in [-0.25, -0.2) is 9.18 Å². The minimum atomic E-state index is -0.808. The van der Waals surface area contributed by atoms with Gasteiger partial charge in [-0.3, -0.25) is 14.5 Å². The number of urea groups is 1. The first kappa shape index (κ1) is 19.8. The third kappa shape index (κ3) is 3.61. The van der Waals surface area contributed by atoms with Crippen molar-refractivity contribution in [3.8, 4) is 0 Å². The van der Waals surface area contributed by atoms with Crippen LogP contribution in [0.2, 0.25) is 0 Å². The molecular weight excluding hydrogens is 375 g/mol. The number of piperidine rings is 2. The fourth-order valence-electron chi connectivity index (χ4n) is 4.72. The van der Waals surface area contributed by atoms with Crippen LogP contribution in [0.25, 0.3) is 0 Å². The number of carbonyl (C=O) groups excluding carboxylic acids is 3. The number of benzene rings is 1. The molecule has 0 bridgehead atoms. The lowest BCUT2D eigenvalue weighted by Gasteiger charge is -2.39. The molecule has 0 aromatic heterocycles. The van der Waals surface area contributed by atoms with E-state index < -0.39 is 11.4 Å². The molecule has 1 atom stereocenters. The number of hydrogen-bond acceptors (Lipinski definition) is 4. The van der Waals surface area contributed by atoms with Crippen molar-refractivity contribution >= 4 is 17.8 Å². The molecule has 3 fully saturated rings. The van der Waals surface area contributed by atoms with Crippen molar-refractivity contribution in [1.82, 2.24) is 20.0 Å². The first-order chi connectivity index (χ1) is 13.9. The molecule has 156 valence electrons. The molecule has 0 unspecified atom stereocenters. The topological polar surface area (TPSA) is 73.0 Å². The zero-order valence-electron chi connectivity index (χ0n) is 16.7. The highest BCUT2D eigenvalue weighted by atomic mass is 19.1. The highest BCUT2D eigenvalue weighted by molar-refractivity contribution is 6.07. The Morgan fingerprint density at radius 3 is 2.69 bits per heavy atom. The second-order valence-electron chi connectivity index (χ2n) is 8.18. The highest BCUT2D eigenvalue weighted by Crippen LogP contribution is 2.32. The minimum Gasteiger partial charge on any atom is -0.337 e. The summed E-state index contributed by atoms with van der Waals surface area (Å²) in [5.41, 5.74) is -0.524. The number of amides is 4. The van der Waals surface area contributed by atoms with Crippen molar-refractivity contribution in [1.29, 1.82) is 0 Å². The van der Waals surface area contributed by atoms with Gasteiger partial charge in [0.1, 0.15) is 11.4 Å². The third-order valence-corrected chi connectivity index (χ3v) is 6.47. The summed E-state index contributed by atoms with van der Waals surface area (Å²) in [5, 5.41) is 2.95. The molecule has 8 heteroatoms. The molecule has 0 aliphatic carbocycles. The number of nitrogens with one attached hydrogen (secondary N) is 1. The van der Waals surface area contributed by atoms with E-state index in [4.69, 9.17) is 0 Å². The Labute approximate surface area is 169 Å². The van der Waals surface area contributed by atoms with Gasteiger partial charge in [0.15, 0.2) is 0 Å². The summed E-state index contributed by atoms with van der Waals surface area (Å²) in [4.78, 5) is 44.0. The van der Waals surface area contributed by atoms with Crippen LogP contribution in [0.3, 0.4) is 0 Å². The zero-order chi connectivity index (χ0) is 20.6. The normalized spacial score (nSPS) is 24.8. The summed E-state index contributed by atoms with van der Waals surface area (Å²) in [6, 6.07) is 4.90. The minimum absolute atomic E-state index is 0.164. The Balaban J connectivity index is 1.47. The summed E-state index contributed by atoms with van der Waals surface area (Å²) >= 11 is 0. The van der Waals surface area contributed by atoms with Gasteiger partial charge in [-0.1, -0.05) is 13.0 Å². The maximum absolute atomic E-state index is 13.5. The fourth-order valence-corrected chi connectivity index (χ4v) is 4.72. The van der Waals surface area contributed by atoms with Crippen molar-refractivity contribution in [2.75, 3.05) is 32.7 Å². The molecule has 7 nitrogen and oxygen atoms in total. The van der Waals surface area contributed by atoms with Crippen molar-refractivity contribution in [2.24, 2.45) is 0 Å². The van der Waals surface area contributed by atoms with Gasteiger partial charge >= 0.3 is 6.03 Å². The number of carbonyl (C=O) groups is 3. The molecule has 3 heterocycles. The summed E-state index contributed by atoms with van der Waals surface area (Å²) < 4.78 is 13.5. The van der Waals surface area contributed by atoms with Gasteiger partial charge in [-0.05, 0) is 50.4 Å². The van der Waals surface area contributed by atoms with Gasteiger partial charge in [0.2, 0.25) is 0 Å². The maximum atomic E-state index is 13.5. The third-order valence-electron chi connectivity index (χ3n) is 6.47. The van der Waals surface area contributed by atoms with Crippen LogP contribution in [0.5, 0.6) is 0 Å². The number of nitrogens with zero attached hydrogens (tertiary/aromatic N) is 3. The average molecular weight is 402 g/mol. The van der Waals surface area contributed by atoms with Crippen LogP contribution in [-0.2, 0) is 4.79 Å². The summed E-state index contributed by atoms with van der Waals surface area (Å²) in [5.74, 6) is -0.894. The van der Waals surface area contributed by atoms with E-state index in [1.165, 1.54) is 23.1 Å². The number of imide groups is 1. The van der Waals surface area contributed by atoms with Crippen LogP contribution in [0.1, 0.15) is 43.0 Å². The van der Waals surface area contributed by atoms with E-state index in [9.17, 15) is 18.8 Å². The van der Waals surface area contributed by atoms with Crippen molar-refractivity contribution < 1.29 is 18.8 Å². The van der Waals surface area contributed by atoms with Gasteiger partial charge in [-0.2, -0.15) is 0 Å². The fraction of sp³-hybridized carbons (Fsp3) is 0.571. The molecule has 0 radical (unpaired) electrons.